The number of nitrogens with zero attached hydrogens (tertiary/aromatic N) is 1. The number of esters is 1. The third-order valence-electron chi connectivity index (χ3n) is 5.32. The summed E-state index contributed by atoms with van der Waals surface area (Å²) in [6.45, 7) is 1.67. The Bertz CT molecular complexity index is 1010. The Balaban J connectivity index is 1.61. The first kappa shape index (κ1) is 22.2. The average Bonchev–Trinajstić information content (AvgIpc) is 3.21. The molecule has 0 radical (unpaired) electrons. The Morgan fingerprint density at radius 2 is 1.69 bits per heavy atom. The number of carbonyl (C=O) groups is 1. The maximum absolute atomic E-state index is 11.8. The number of ether oxygens (including phenoxy) is 3. The highest BCUT2D eigenvalue weighted by molar-refractivity contribution is 7.99. The van der Waals surface area contributed by atoms with Gasteiger partial charge in [-0.15, -0.1) is 0 Å². The topological polar surface area (TPSA) is 93.7 Å². The zero-order valence-corrected chi connectivity index (χ0v) is 19.1. The van der Waals surface area contributed by atoms with Crippen molar-refractivity contribution in [2.24, 2.45) is 0 Å². The van der Waals surface area contributed by atoms with Gasteiger partial charge < -0.3 is 24.3 Å². The molecule has 7 nitrogen and oxygen atoms in total. The SMILES string of the molecule is COc1ccc(-c2nc(SC[C@@H]3C[C@](C)(O)CC(=O)O3)[nH]c2-c2ccc(OC)cc2)cc1. The third-order valence-corrected chi connectivity index (χ3v) is 6.33. The number of rotatable bonds is 7. The summed E-state index contributed by atoms with van der Waals surface area (Å²) < 4.78 is 16.0. The largest absolute Gasteiger partial charge is 0.497 e. The highest BCUT2D eigenvalue weighted by Gasteiger charge is 2.36. The quantitative estimate of drug-likeness (QED) is 0.406. The van der Waals surface area contributed by atoms with E-state index in [1.54, 1.807) is 21.1 Å². The summed E-state index contributed by atoms with van der Waals surface area (Å²) in [7, 11) is 3.27. The van der Waals surface area contributed by atoms with Crippen LogP contribution in [0, 0.1) is 0 Å². The van der Waals surface area contributed by atoms with Crippen molar-refractivity contribution >= 4 is 17.7 Å². The van der Waals surface area contributed by atoms with E-state index < -0.39 is 5.60 Å². The zero-order chi connectivity index (χ0) is 22.7. The number of aliphatic hydroxyl groups is 1. The average molecular weight is 455 g/mol. The Kier molecular flexibility index (Phi) is 6.43. The predicted octanol–water partition coefficient (Wildman–Crippen LogP) is 4.31. The van der Waals surface area contributed by atoms with Crippen molar-refractivity contribution < 1.29 is 24.1 Å². The van der Waals surface area contributed by atoms with Gasteiger partial charge in [-0.3, -0.25) is 4.79 Å². The van der Waals surface area contributed by atoms with Crippen molar-refractivity contribution in [2.45, 2.75) is 36.6 Å². The number of aromatic amines is 1. The number of hydrogen-bond donors (Lipinski definition) is 2. The van der Waals surface area contributed by atoms with Gasteiger partial charge in [0.2, 0.25) is 0 Å². The molecular formula is C24H26N2O5S. The minimum Gasteiger partial charge on any atom is -0.497 e. The number of cyclic esters (lactones) is 1. The molecule has 0 amide bonds. The molecule has 0 aliphatic carbocycles. The third kappa shape index (κ3) is 5.08. The minimum atomic E-state index is -1.04. The summed E-state index contributed by atoms with van der Waals surface area (Å²) >= 11 is 1.46. The number of nitrogens with one attached hydrogen (secondary N) is 1. The van der Waals surface area contributed by atoms with Crippen LogP contribution in [0.4, 0.5) is 0 Å². The summed E-state index contributed by atoms with van der Waals surface area (Å²) in [4.78, 5) is 20.0. The lowest BCUT2D eigenvalue weighted by atomic mass is 9.93. The zero-order valence-electron chi connectivity index (χ0n) is 18.3. The van der Waals surface area contributed by atoms with E-state index in [9.17, 15) is 9.90 Å². The first-order chi connectivity index (χ1) is 15.4. The monoisotopic (exact) mass is 454 g/mol. The van der Waals surface area contributed by atoms with E-state index in [-0.39, 0.29) is 18.5 Å². The second-order valence-electron chi connectivity index (χ2n) is 8.02. The second kappa shape index (κ2) is 9.26. The first-order valence-electron chi connectivity index (χ1n) is 10.3. The fourth-order valence-electron chi connectivity index (χ4n) is 3.75. The van der Waals surface area contributed by atoms with Crippen LogP contribution < -0.4 is 9.47 Å². The van der Waals surface area contributed by atoms with E-state index in [1.807, 2.05) is 48.5 Å². The van der Waals surface area contributed by atoms with Crippen LogP contribution in [0.5, 0.6) is 11.5 Å². The molecule has 1 aliphatic rings. The number of methoxy groups -OCH3 is 2. The number of benzene rings is 2. The van der Waals surface area contributed by atoms with Crippen LogP contribution in [-0.2, 0) is 9.53 Å². The van der Waals surface area contributed by atoms with Gasteiger partial charge in [0, 0.05) is 23.3 Å². The van der Waals surface area contributed by atoms with Crippen LogP contribution in [0.1, 0.15) is 19.8 Å². The molecule has 1 fully saturated rings. The van der Waals surface area contributed by atoms with Crippen LogP contribution in [0.25, 0.3) is 22.5 Å². The molecule has 2 N–H and O–H groups in total. The maximum Gasteiger partial charge on any atom is 0.309 e. The van der Waals surface area contributed by atoms with Crippen LogP contribution in [0.3, 0.4) is 0 Å². The van der Waals surface area contributed by atoms with Crippen LogP contribution in [0.15, 0.2) is 53.7 Å². The van der Waals surface area contributed by atoms with Gasteiger partial charge in [-0.2, -0.15) is 0 Å². The molecule has 0 unspecified atom stereocenters. The number of imidazole rings is 1. The summed E-state index contributed by atoms with van der Waals surface area (Å²) in [5.41, 5.74) is 2.59. The van der Waals surface area contributed by atoms with E-state index >= 15 is 0 Å². The van der Waals surface area contributed by atoms with Gasteiger partial charge in [-0.1, -0.05) is 11.8 Å². The lowest BCUT2D eigenvalue weighted by Gasteiger charge is -2.32. The van der Waals surface area contributed by atoms with Crippen molar-refractivity contribution in [3.05, 3.63) is 48.5 Å². The molecule has 1 saturated heterocycles. The maximum atomic E-state index is 11.8. The number of H-pyrrole nitrogens is 1. The van der Waals surface area contributed by atoms with E-state index in [4.69, 9.17) is 19.2 Å². The highest BCUT2D eigenvalue weighted by atomic mass is 32.2. The molecule has 8 heteroatoms. The number of hydrogen-bond acceptors (Lipinski definition) is 7. The second-order valence-corrected chi connectivity index (χ2v) is 9.03. The molecule has 1 aliphatic heterocycles. The Labute approximate surface area is 191 Å². The molecule has 2 atom stereocenters. The van der Waals surface area contributed by atoms with Crippen molar-refractivity contribution in [3.8, 4) is 34.0 Å². The number of aromatic nitrogens is 2. The van der Waals surface area contributed by atoms with E-state index in [0.717, 1.165) is 34.0 Å². The standard InChI is InChI=1S/C24H26N2O5S/c1-24(28)12-19(31-20(27)13-24)14-32-23-25-21(15-4-8-17(29-2)9-5-15)22(26-23)16-6-10-18(30-3)11-7-16/h4-11,19,28H,12-14H2,1-3H3,(H,25,26)/t19-,24-/m0/s1. The van der Waals surface area contributed by atoms with Crippen molar-refractivity contribution in [3.63, 3.8) is 0 Å². The lowest BCUT2D eigenvalue weighted by molar-refractivity contribution is -0.165. The molecule has 168 valence electrons. The molecule has 2 heterocycles. The lowest BCUT2D eigenvalue weighted by Crippen LogP contribution is -2.41. The van der Waals surface area contributed by atoms with Gasteiger partial charge in [0.25, 0.3) is 0 Å². The number of carbonyl (C=O) groups excluding carboxylic acids is 1. The fourth-order valence-corrected chi connectivity index (χ4v) is 4.61. The minimum absolute atomic E-state index is 0.0259. The van der Waals surface area contributed by atoms with Gasteiger partial charge >= 0.3 is 5.97 Å². The molecular weight excluding hydrogens is 428 g/mol. The first-order valence-corrected chi connectivity index (χ1v) is 11.3. The van der Waals surface area contributed by atoms with Crippen molar-refractivity contribution in [1.29, 1.82) is 0 Å². The molecule has 0 bridgehead atoms. The van der Waals surface area contributed by atoms with Gasteiger partial charge in [0.1, 0.15) is 17.6 Å². The van der Waals surface area contributed by atoms with Crippen molar-refractivity contribution in [2.75, 3.05) is 20.0 Å². The Morgan fingerprint density at radius 3 is 2.25 bits per heavy atom. The normalized spacial score (nSPS) is 20.6. The summed E-state index contributed by atoms with van der Waals surface area (Å²) in [5.74, 6) is 1.68. The van der Waals surface area contributed by atoms with Crippen LogP contribution in [0.2, 0.25) is 0 Å². The van der Waals surface area contributed by atoms with Crippen molar-refractivity contribution in [1.82, 2.24) is 9.97 Å². The van der Waals surface area contributed by atoms with Gasteiger partial charge in [0.05, 0.1) is 37.6 Å². The van der Waals surface area contributed by atoms with E-state index in [2.05, 4.69) is 4.98 Å². The summed E-state index contributed by atoms with van der Waals surface area (Å²) in [5, 5.41) is 11.0. The molecule has 0 saturated carbocycles. The highest BCUT2D eigenvalue weighted by Crippen LogP contribution is 2.35. The Hall–Kier alpha value is -2.97. The van der Waals surface area contributed by atoms with Gasteiger partial charge in [-0.25, -0.2) is 4.98 Å². The van der Waals surface area contributed by atoms with Gasteiger partial charge in [0.15, 0.2) is 5.16 Å². The molecule has 4 rings (SSSR count). The van der Waals surface area contributed by atoms with E-state index in [0.29, 0.717) is 17.3 Å². The van der Waals surface area contributed by atoms with E-state index in [1.165, 1.54) is 11.8 Å². The van der Waals surface area contributed by atoms with Crippen LogP contribution in [-0.4, -0.2) is 52.7 Å². The van der Waals surface area contributed by atoms with Crippen LogP contribution >= 0.6 is 11.8 Å². The Morgan fingerprint density at radius 1 is 1.09 bits per heavy atom. The molecule has 2 aromatic carbocycles. The summed E-state index contributed by atoms with van der Waals surface area (Å²) in [6.07, 6.45) is 0.0663. The molecule has 1 aromatic heterocycles. The predicted molar refractivity (Wildman–Crippen MR) is 123 cm³/mol. The molecule has 32 heavy (non-hydrogen) atoms. The molecule has 0 spiro atoms. The fraction of sp³-hybridized carbons (Fsp3) is 0.333. The number of thioether (sulfide) groups is 1. The van der Waals surface area contributed by atoms with Gasteiger partial charge in [-0.05, 0) is 55.5 Å². The smallest absolute Gasteiger partial charge is 0.309 e. The molecule has 3 aromatic rings. The summed E-state index contributed by atoms with van der Waals surface area (Å²) in [6, 6.07) is 15.5.